The Hall–Kier alpha value is -2.68. The first-order valence-electron chi connectivity index (χ1n) is 8.17. The van der Waals surface area contributed by atoms with Crippen molar-refractivity contribution in [2.45, 2.75) is 5.25 Å². The fourth-order valence-corrected chi connectivity index (χ4v) is 4.87. The molecule has 0 N–H and O–H groups in total. The van der Waals surface area contributed by atoms with Crippen LogP contribution in [0.4, 0.5) is 5.88 Å². The zero-order chi connectivity index (χ0) is 21.2. The van der Waals surface area contributed by atoms with Gasteiger partial charge in [-0.05, 0) is 41.5 Å². The maximum atomic E-state index is 13.2. The summed E-state index contributed by atoms with van der Waals surface area (Å²) in [5.74, 6) is -2.82. The van der Waals surface area contributed by atoms with E-state index < -0.39 is 43.2 Å². The van der Waals surface area contributed by atoms with E-state index in [9.17, 15) is 23.3 Å². The Balaban J connectivity index is 1.98. The van der Waals surface area contributed by atoms with Gasteiger partial charge in [0.25, 0.3) is 0 Å². The van der Waals surface area contributed by atoms with Crippen molar-refractivity contribution in [3.05, 3.63) is 97.7 Å². The number of halogens is 2. The number of nitrogens with zero attached hydrogens (tertiary/aromatic N) is 1. The number of furan rings is 1. The fraction of sp³-hybridized carbons (Fsp3) is 0.105. The van der Waals surface area contributed by atoms with Crippen LogP contribution >= 0.6 is 23.2 Å². The Morgan fingerprint density at radius 1 is 0.931 bits per heavy atom. The molecule has 0 unspecified atom stereocenters. The number of benzene rings is 2. The van der Waals surface area contributed by atoms with E-state index in [-0.39, 0.29) is 0 Å². The van der Waals surface area contributed by atoms with E-state index in [1.807, 2.05) is 0 Å². The van der Waals surface area contributed by atoms with Crippen LogP contribution in [0.1, 0.15) is 26.9 Å². The van der Waals surface area contributed by atoms with Crippen molar-refractivity contribution >= 4 is 44.7 Å². The Morgan fingerprint density at radius 3 is 1.83 bits per heavy atom. The van der Waals surface area contributed by atoms with E-state index in [0.717, 1.165) is 12.1 Å². The van der Waals surface area contributed by atoms with Crippen molar-refractivity contribution in [3.8, 4) is 0 Å². The van der Waals surface area contributed by atoms with Gasteiger partial charge in [0.2, 0.25) is 5.78 Å². The molecule has 29 heavy (non-hydrogen) atoms. The van der Waals surface area contributed by atoms with Gasteiger partial charge in [0.1, 0.15) is 15.9 Å². The Labute approximate surface area is 175 Å². The van der Waals surface area contributed by atoms with Gasteiger partial charge in [-0.25, -0.2) is 8.42 Å². The average molecular weight is 454 g/mol. The fourth-order valence-electron chi connectivity index (χ4n) is 2.80. The molecule has 150 valence electrons. The molecule has 0 saturated carbocycles. The molecule has 0 atom stereocenters. The van der Waals surface area contributed by atoms with Crippen LogP contribution in [-0.2, 0) is 9.84 Å². The second-order valence-electron chi connectivity index (χ2n) is 6.11. The minimum Gasteiger partial charge on any atom is -0.397 e. The van der Waals surface area contributed by atoms with Gasteiger partial charge in [0.05, 0.1) is 6.07 Å². The van der Waals surface area contributed by atoms with Crippen LogP contribution in [0.3, 0.4) is 0 Å². The zero-order valence-electron chi connectivity index (χ0n) is 14.6. The number of carbonyl (C=O) groups excluding carboxylic acids is 1. The lowest BCUT2D eigenvalue weighted by molar-refractivity contribution is -0.402. The van der Waals surface area contributed by atoms with Crippen LogP contribution in [0.25, 0.3) is 0 Å². The highest BCUT2D eigenvalue weighted by Crippen LogP contribution is 2.33. The highest BCUT2D eigenvalue weighted by molar-refractivity contribution is 7.92. The standard InChI is InChI=1S/C19H13Cl2NO6S/c20-14-5-1-12(2-6-14)19(13-3-7-15(21)8-4-13)29(26,27)11-16(23)17-9-10-18(28-17)22(24)25/h1-10,19H,11H2. The van der Waals surface area contributed by atoms with Gasteiger partial charge in [-0.1, -0.05) is 47.5 Å². The number of ketones is 1. The Bertz CT molecular complexity index is 1110. The largest absolute Gasteiger partial charge is 0.433 e. The molecule has 0 bridgehead atoms. The van der Waals surface area contributed by atoms with Gasteiger partial charge in [0.15, 0.2) is 15.6 Å². The normalized spacial score (nSPS) is 11.6. The Morgan fingerprint density at radius 2 is 1.41 bits per heavy atom. The minimum atomic E-state index is -4.08. The first-order chi connectivity index (χ1) is 13.7. The average Bonchev–Trinajstić information content (AvgIpc) is 3.15. The van der Waals surface area contributed by atoms with Gasteiger partial charge in [-0.2, -0.15) is 0 Å². The van der Waals surface area contributed by atoms with Crippen LogP contribution in [0.2, 0.25) is 10.0 Å². The van der Waals surface area contributed by atoms with E-state index in [2.05, 4.69) is 0 Å². The van der Waals surface area contributed by atoms with Crippen molar-refractivity contribution in [2.24, 2.45) is 0 Å². The number of hydrogen-bond donors (Lipinski definition) is 0. The van der Waals surface area contributed by atoms with Crippen molar-refractivity contribution in [2.75, 3.05) is 5.75 Å². The smallest absolute Gasteiger partial charge is 0.397 e. The zero-order valence-corrected chi connectivity index (χ0v) is 16.9. The summed E-state index contributed by atoms with van der Waals surface area (Å²) in [6.07, 6.45) is 0. The predicted octanol–water partition coefficient (Wildman–Crippen LogP) is 4.88. The molecule has 0 saturated heterocycles. The molecule has 0 amide bonds. The highest BCUT2D eigenvalue weighted by atomic mass is 35.5. The molecule has 0 aliphatic carbocycles. The van der Waals surface area contributed by atoms with Gasteiger partial charge in [0, 0.05) is 10.0 Å². The third-order valence-electron chi connectivity index (χ3n) is 4.08. The van der Waals surface area contributed by atoms with E-state index in [1.54, 1.807) is 48.5 Å². The quantitative estimate of drug-likeness (QED) is 0.286. The lowest BCUT2D eigenvalue weighted by Gasteiger charge is -2.18. The number of carbonyl (C=O) groups is 1. The van der Waals surface area contributed by atoms with Crippen LogP contribution in [-0.4, -0.2) is 24.9 Å². The molecule has 0 radical (unpaired) electrons. The number of hydrogen-bond acceptors (Lipinski definition) is 6. The topological polar surface area (TPSA) is 107 Å². The monoisotopic (exact) mass is 453 g/mol. The highest BCUT2D eigenvalue weighted by Gasteiger charge is 2.33. The molecule has 7 nitrogen and oxygen atoms in total. The van der Waals surface area contributed by atoms with Crippen LogP contribution < -0.4 is 0 Å². The molecule has 2 aromatic carbocycles. The van der Waals surface area contributed by atoms with E-state index in [1.165, 1.54) is 0 Å². The summed E-state index contributed by atoms with van der Waals surface area (Å²) in [6, 6.07) is 14.5. The molecule has 0 aliphatic heterocycles. The van der Waals surface area contributed by atoms with Crippen molar-refractivity contribution in [1.82, 2.24) is 0 Å². The maximum absolute atomic E-state index is 13.2. The number of sulfone groups is 1. The van der Waals surface area contributed by atoms with E-state index in [0.29, 0.717) is 21.2 Å². The molecule has 3 rings (SSSR count). The van der Waals surface area contributed by atoms with Crippen LogP contribution in [0.15, 0.2) is 65.1 Å². The first-order valence-corrected chi connectivity index (χ1v) is 10.6. The summed E-state index contributed by atoms with van der Waals surface area (Å²) in [6.45, 7) is 0. The molecule has 1 aromatic heterocycles. The molecule has 10 heteroatoms. The summed E-state index contributed by atoms with van der Waals surface area (Å²) < 4.78 is 31.2. The molecular formula is C19H13Cl2NO6S. The van der Waals surface area contributed by atoms with Crippen molar-refractivity contribution in [1.29, 1.82) is 0 Å². The third-order valence-corrected chi connectivity index (χ3v) is 6.51. The van der Waals surface area contributed by atoms with Gasteiger partial charge in [-0.15, -0.1) is 0 Å². The Kier molecular flexibility index (Phi) is 6.07. The molecule has 0 fully saturated rings. The van der Waals surface area contributed by atoms with Crippen molar-refractivity contribution in [3.63, 3.8) is 0 Å². The predicted molar refractivity (Wildman–Crippen MR) is 108 cm³/mol. The van der Waals surface area contributed by atoms with Crippen LogP contribution in [0.5, 0.6) is 0 Å². The minimum absolute atomic E-state index is 0.397. The lowest BCUT2D eigenvalue weighted by atomic mass is 10.0. The summed E-state index contributed by atoms with van der Waals surface area (Å²) in [5, 5.41) is 10.4. The SMILES string of the molecule is O=C(CS(=O)(=O)C(c1ccc(Cl)cc1)c1ccc(Cl)cc1)c1ccc([N+](=O)[O-])o1. The van der Waals surface area contributed by atoms with Gasteiger partial charge in [-0.3, -0.25) is 14.9 Å². The maximum Gasteiger partial charge on any atom is 0.433 e. The number of rotatable bonds is 7. The van der Waals surface area contributed by atoms with E-state index >= 15 is 0 Å². The van der Waals surface area contributed by atoms with Crippen LogP contribution in [0, 0.1) is 10.1 Å². The summed E-state index contributed by atoms with van der Waals surface area (Å²) >= 11 is 11.8. The second kappa shape index (κ2) is 8.36. The first kappa shape index (κ1) is 21.0. The summed E-state index contributed by atoms with van der Waals surface area (Å²) in [7, 11) is -4.08. The molecular weight excluding hydrogens is 441 g/mol. The molecule has 0 spiro atoms. The number of Topliss-reactive ketones (excluding diaryl/α,β-unsaturated/α-hetero) is 1. The third kappa shape index (κ3) is 4.84. The molecule has 1 heterocycles. The van der Waals surface area contributed by atoms with Gasteiger partial charge < -0.3 is 4.42 Å². The lowest BCUT2D eigenvalue weighted by Crippen LogP contribution is -2.23. The van der Waals surface area contributed by atoms with E-state index in [4.69, 9.17) is 27.6 Å². The summed E-state index contributed by atoms with van der Waals surface area (Å²) in [5.41, 5.74) is 0.824. The van der Waals surface area contributed by atoms with Gasteiger partial charge >= 0.3 is 5.88 Å². The van der Waals surface area contributed by atoms with Crippen molar-refractivity contribution < 1.29 is 22.6 Å². The molecule has 0 aliphatic rings. The second-order valence-corrected chi connectivity index (χ2v) is 9.07. The summed E-state index contributed by atoms with van der Waals surface area (Å²) in [4.78, 5) is 22.3. The number of nitro groups is 1. The molecule has 3 aromatic rings.